The molecule has 3 N–H and O–H groups in total. The first-order valence-corrected chi connectivity index (χ1v) is 10.0. The quantitative estimate of drug-likeness (QED) is 0.784. The number of nitrogens with two attached hydrogens (primary N) is 1. The normalized spacial score (nSPS) is 40.3. The lowest BCUT2D eigenvalue weighted by Crippen LogP contribution is -2.51. The van der Waals surface area contributed by atoms with Crippen LogP contribution in [-0.4, -0.2) is 37.9 Å². The van der Waals surface area contributed by atoms with Crippen molar-refractivity contribution in [2.75, 3.05) is 11.5 Å². The van der Waals surface area contributed by atoms with Crippen molar-refractivity contribution >= 4 is 28.2 Å². The third kappa shape index (κ3) is 3.95. The van der Waals surface area contributed by atoms with Gasteiger partial charge in [0.1, 0.15) is 0 Å². The van der Waals surface area contributed by atoms with Crippen LogP contribution in [0.4, 0.5) is 0 Å². The zero-order valence-corrected chi connectivity index (χ0v) is 14.5. The number of hydrogen-bond acceptors (Lipinski definition) is 4. The maximum absolute atomic E-state index is 12.5. The lowest BCUT2D eigenvalue weighted by atomic mass is 9.65. The number of hydrogen-bond donors (Lipinski definition) is 2. The van der Waals surface area contributed by atoms with Crippen molar-refractivity contribution in [3.05, 3.63) is 0 Å². The van der Waals surface area contributed by atoms with Crippen molar-refractivity contribution in [2.24, 2.45) is 23.5 Å². The Balaban J connectivity index is 0.00000176. The maximum Gasteiger partial charge on any atom is 0.223 e. The van der Waals surface area contributed by atoms with Crippen LogP contribution in [0.15, 0.2) is 0 Å². The molecule has 0 aromatic heterocycles. The molecular formula is C15H27ClN2O3S. The van der Waals surface area contributed by atoms with Gasteiger partial charge in [-0.3, -0.25) is 4.79 Å². The van der Waals surface area contributed by atoms with Crippen LogP contribution in [0.2, 0.25) is 0 Å². The molecule has 2 aliphatic carbocycles. The summed E-state index contributed by atoms with van der Waals surface area (Å²) in [6, 6.07) is 0.0737. The smallest absolute Gasteiger partial charge is 0.223 e. The highest BCUT2D eigenvalue weighted by Crippen LogP contribution is 2.41. The zero-order valence-electron chi connectivity index (χ0n) is 12.9. The standard InChI is InChI=1S/C15H26N2O3S.ClH/c16-14-10-3-1-4-11(14)8-12(7-10)15(18)17-13-5-2-6-21(19,20)9-13;/h10-14H,1-9,16H2,(H,17,18);1H. The van der Waals surface area contributed by atoms with Gasteiger partial charge >= 0.3 is 0 Å². The van der Waals surface area contributed by atoms with Crippen molar-refractivity contribution in [1.82, 2.24) is 5.32 Å². The third-order valence-electron chi connectivity index (χ3n) is 5.59. The first-order valence-electron chi connectivity index (χ1n) is 8.21. The predicted molar refractivity (Wildman–Crippen MR) is 88.6 cm³/mol. The van der Waals surface area contributed by atoms with E-state index in [1.165, 1.54) is 6.42 Å². The molecule has 1 aliphatic heterocycles. The summed E-state index contributed by atoms with van der Waals surface area (Å²) in [6.45, 7) is 0. The fourth-order valence-electron chi connectivity index (χ4n) is 4.46. The Morgan fingerprint density at radius 3 is 2.27 bits per heavy atom. The van der Waals surface area contributed by atoms with Crippen molar-refractivity contribution in [3.8, 4) is 0 Å². The molecule has 0 aromatic carbocycles. The molecule has 1 amide bonds. The second-order valence-electron chi connectivity index (χ2n) is 7.16. The SMILES string of the molecule is Cl.NC1C2CCCC1CC(C(=O)NC1CCCS(=O)(=O)C1)C2. The highest BCUT2D eigenvalue weighted by Gasteiger charge is 2.41. The molecular weight excluding hydrogens is 324 g/mol. The molecule has 3 rings (SSSR count). The molecule has 3 unspecified atom stereocenters. The number of rotatable bonds is 2. The minimum absolute atomic E-state index is 0. The van der Waals surface area contributed by atoms with E-state index in [1.807, 2.05) is 0 Å². The van der Waals surface area contributed by atoms with Crippen LogP contribution < -0.4 is 11.1 Å². The molecule has 3 aliphatic rings. The Morgan fingerprint density at radius 2 is 1.68 bits per heavy atom. The molecule has 1 heterocycles. The van der Waals surface area contributed by atoms with Gasteiger partial charge < -0.3 is 11.1 Å². The molecule has 22 heavy (non-hydrogen) atoms. The minimum Gasteiger partial charge on any atom is -0.352 e. The lowest BCUT2D eigenvalue weighted by molar-refractivity contribution is -0.128. The summed E-state index contributed by atoms with van der Waals surface area (Å²) in [7, 11) is -2.97. The number of sulfone groups is 1. The van der Waals surface area contributed by atoms with E-state index in [0.29, 0.717) is 18.3 Å². The van der Waals surface area contributed by atoms with Crippen molar-refractivity contribution in [2.45, 2.75) is 57.0 Å². The Morgan fingerprint density at radius 1 is 1.05 bits per heavy atom. The summed E-state index contributed by atoms with van der Waals surface area (Å²) >= 11 is 0. The second kappa shape index (κ2) is 7.05. The average Bonchev–Trinajstić information content (AvgIpc) is 2.36. The van der Waals surface area contributed by atoms with Gasteiger partial charge in [0.15, 0.2) is 9.84 Å². The number of fused-ring (bicyclic) bond motifs is 2. The summed E-state index contributed by atoms with van der Waals surface area (Å²) in [5, 5.41) is 2.99. The number of carbonyl (C=O) groups excluding carboxylic acids is 1. The molecule has 1 saturated heterocycles. The van der Waals surface area contributed by atoms with Crippen LogP contribution in [0.5, 0.6) is 0 Å². The Hall–Kier alpha value is -0.330. The van der Waals surface area contributed by atoms with Gasteiger partial charge in [0.05, 0.1) is 11.5 Å². The molecule has 0 aromatic rings. The minimum atomic E-state index is -2.97. The number of halogens is 1. The van der Waals surface area contributed by atoms with Crippen molar-refractivity contribution in [1.29, 1.82) is 0 Å². The van der Waals surface area contributed by atoms with Gasteiger partial charge in [0.25, 0.3) is 0 Å². The van der Waals surface area contributed by atoms with Gasteiger partial charge in [-0.25, -0.2) is 8.42 Å². The molecule has 3 fully saturated rings. The lowest BCUT2D eigenvalue weighted by Gasteiger charge is -2.43. The summed E-state index contributed by atoms with van der Waals surface area (Å²) < 4.78 is 23.3. The van der Waals surface area contributed by atoms with Crippen molar-refractivity contribution < 1.29 is 13.2 Å². The number of nitrogens with one attached hydrogen (secondary N) is 1. The van der Waals surface area contributed by atoms with Gasteiger partial charge in [-0.15, -0.1) is 12.4 Å². The molecule has 128 valence electrons. The monoisotopic (exact) mass is 350 g/mol. The highest BCUT2D eigenvalue weighted by atomic mass is 35.5. The summed E-state index contributed by atoms with van der Waals surface area (Å²) in [4.78, 5) is 12.5. The van der Waals surface area contributed by atoms with E-state index in [-0.39, 0.29) is 47.8 Å². The number of carbonyl (C=O) groups is 1. The first kappa shape index (κ1) is 18.0. The topological polar surface area (TPSA) is 89.3 Å². The van der Waals surface area contributed by atoms with E-state index >= 15 is 0 Å². The maximum atomic E-state index is 12.5. The fraction of sp³-hybridized carbons (Fsp3) is 0.933. The van der Waals surface area contributed by atoms with Gasteiger partial charge in [0.2, 0.25) is 5.91 Å². The van der Waals surface area contributed by atoms with Crippen LogP contribution in [-0.2, 0) is 14.6 Å². The van der Waals surface area contributed by atoms with E-state index in [9.17, 15) is 13.2 Å². The molecule has 0 spiro atoms. The molecule has 0 radical (unpaired) electrons. The van der Waals surface area contributed by atoms with Crippen molar-refractivity contribution in [3.63, 3.8) is 0 Å². The van der Waals surface area contributed by atoms with Gasteiger partial charge in [0, 0.05) is 18.0 Å². The van der Waals surface area contributed by atoms with Crippen LogP contribution in [0.1, 0.15) is 44.9 Å². The Bertz CT molecular complexity index is 497. The van der Waals surface area contributed by atoms with Crippen LogP contribution in [0, 0.1) is 17.8 Å². The molecule has 7 heteroatoms. The third-order valence-corrected chi connectivity index (χ3v) is 7.41. The summed E-state index contributed by atoms with van der Waals surface area (Å²) in [5.41, 5.74) is 6.26. The van der Waals surface area contributed by atoms with E-state index < -0.39 is 9.84 Å². The van der Waals surface area contributed by atoms with Crippen LogP contribution in [0.3, 0.4) is 0 Å². The van der Waals surface area contributed by atoms with E-state index in [0.717, 1.165) is 32.1 Å². The Kier molecular flexibility index (Phi) is 5.78. The van der Waals surface area contributed by atoms with Crippen LogP contribution in [0.25, 0.3) is 0 Å². The van der Waals surface area contributed by atoms with E-state index in [1.54, 1.807) is 0 Å². The summed E-state index contributed by atoms with van der Waals surface area (Å²) in [6.07, 6.45) is 6.71. The fourth-order valence-corrected chi connectivity index (χ4v) is 6.10. The highest BCUT2D eigenvalue weighted by molar-refractivity contribution is 7.91. The molecule has 2 saturated carbocycles. The van der Waals surface area contributed by atoms with E-state index in [2.05, 4.69) is 5.32 Å². The van der Waals surface area contributed by atoms with Gasteiger partial charge in [-0.2, -0.15) is 0 Å². The predicted octanol–water partition coefficient (Wildman–Crippen LogP) is 1.26. The van der Waals surface area contributed by atoms with Gasteiger partial charge in [-0.1, -0.05) is 6.42 Å². The largest absolute Gasteiger partial charge is 0.352 e. The first-order chi connectivity index (χ1) is 9.94. The van der Waals surface area contributed by atoms with Crippen LogP contribution >= 0.6 is 12.4 Å². The summed E-state index contributed by atoms with van der Waals surface area (Å²) in [5.74, 6) is 1.41. The molecule has 3 atom stereocenters. The average molecular weight is 351 g/mol. The second-order valence-corrected chi connectivity index (χ2v) is 9.39. The zero-order chi connectivity index (χ0) is 15.0. The Labute approximate surface area is 139 Å². The molecule has 5 nitrogen and oxygen atoms in total. The molecule has 2 bridgehead atoms. The number of amides is 1. The van der Waals surface area contributed by atoms with Gasteiger partial charge in [-0.05, 0) is 50.4 Å². The van der Waals surface area contributed by atoms with E-state index in [4.69, 9.17) is 5.73 Å².